The van der Waals surface area contributed by atoms with Crippen LogP contribution in [0.3, 0.4) is 0 Å². The van der Waals surface area contributed by atoms with Crippen molar-refractivity contribution in [2.45, 2.75) is 30.4 Å². The minimum Gasteiger partial charge on any atom is -0.468 e. The van der Waals surface area contributed by atoms with Crippen LogP contribution in [0, 0.1) is 0 Å². The standard InChI is InChI=1S/C14H14F6O4S/c1-24-12(21)11(25(22,23)7-6-13(15,16)17)8-9-2-4-10(5-3-9)14(18,19)20/h2-5,11H,6-8H2,1H3. The number of sulfone groups is 1. The van der Waals surface area contributed by atoms with Crippen LogP contribution in [-0.2, 0) is 32.0 Å². The highest BCUT2D eigenvalue weighted by Crippen LogP contribution is 2.29. The van der Waals surface area contributed by atoms with Gasteiger partial charge < -0.3 is 4.74 Å². The van der Waals surface area contributed by atoms with Crippen LogP contribution in [0.5, 0.6) is 0 Å². The summed E-state index contributed by atoms with van der Waals surface area (Å²) in [5.74, 6) is -2.60. The van der Waals surface area contributed by atoms with Crippen molar-refractivity contribution < 1.29 is 44.3 Å². The van der Waals surface area contributed by atoms with Gasteiger partial charge in [-0.3, -0.25) is 4.79 Å². The molecule has 0 fully saturated rings. The maximum Gasteiger partial charge on any atom is 0.416 e. The Hall–Kier alpha value is -1.78. The van der Waals surface area contributed by atoms with E-state index < -0.39 is 57.6 Å². The molecule has 1 atom stereocenters. The number of alkyl halides is 6. The second-order valence-corrected chi connectivity index (χ2v) is 7.45. The Kier molecular flexibility index (Phi) is 6.49. The number of hydrogen-bond donors (Lipinski definition) is 0. The third-order valence-electron chi connectivity index (χ3n) is 3.27. The second-order valence-electron chi connectivity index (χ2n) is 5.14. The van der Waals surface area contributed by atoms with Crippen LogP contribution in [0.1, 0.15) is 17.5 Å². The fourth-order valence-corrected chi connectivity index (χ4v) is 3.57. The molecule has 142 valence electrons. The maximum absolute atomic E-state index is 12.5. The van der Waals surface area contributed by atoms with Gasteiger partial charge in [-0.15, -0.1) is 0 Å². The molecule has 0 heterocycles. The molecule has 25 heavy (non-hydrogen) atoms. The number of rotatable bonds is 6. The summed E-state index contributed by atoms with van der Waals surface area (Å²) in [6, 6.07) is 3.29. The van der Waals surface area contributed by atoms with Crippen LogP contribution >= 0.6 is 0 Å². The van der Waals surface area contributed by atoms with Crippen LogP contribution < -0.4 is 0 Å². The van der Waals surface area contributed by atoms with Gasteiger partial charge in [-0.25, -0.2) is 8.42 Å². The van der Waals surface area contributed by atoms with Crippen molar-refractivity contribution >= 4 is 15.8 Å². The molecule has 4 nitrogen and oxygen atoms in total. The molecule has 0 amide bonds. The number of halogens is 6. The first-order valence-electron chi connectivity index (χ1n) is 6.78. The van der Waals surface area contributed by atoms with Crippen LogP contribution in [0.25, 0.3) is 0 Å². The number of hydrogen-bond acceptors (Lipinski definition) is 4. The third-order valence-corrected chi connectivity index (χ3v) is 5.27. The van der Waals surface area contributed by atoms with E-state index in [-0.39, 0.29) is 5.56 Å². The van der Waals surface area contributed by atoms with Crippen LogP contribution in [0.2, 0.25) is 0 Å². The fraction of sp³-hybridized carbons (Fsp3) is 0.500. The molecule has 11 heteroatoms. The molecule has 1 rings (SSSR count). The number of methoxy groups -OCH3 is 1. The van der Waals surface area contributed by atoms with Crippen molar-refractivity contribution in [2.75, 3.05) is 12.9 Å². The molecule has 0 radical (unpaired) electrons. The molecule has 0 aliphatic carbocycles. The summed E-state index contributed by atoms with van der Waals surface area (Å²) in [6.07, 6.45) is -11.6. The van der Waals surface area contributed by atoms with Crippen LogP contribution in [0.4, 0.5) is 26.3 Å². The van der Waals surface area contributed by atoms with Gasteiger partial charge in [0, 0.05) is 0 Å². The van der Waals surface area contributed by atoms with E-state index in [4.69, 9.17) is 0 Å². The molecule has 1 aromatic carbocycles. The Morgan fingerprint density at radius 2 is 1.60 bits per heavy atom. The monoisotopic (exact) mass is 392 g/mol. The fourth-order valence-electron chi connectivity index (χ4n) is 1.93. The zero-order valence-corrected chi connectivity index (χ0v) is 13.6. The van der Waals surface area contributed by atoms with Crippen LogP contribution in [-0.4, -0.2) is 38.7 Å². The molecule has 0 aliphatic heterocycles. The average molecular weight is 392 g/mol. The Bertz CT molecular complexity index is 692. The topological polar surface area (TPSA) is 60.4 Å². The van der Waals surface area contributed by atoms with Crippen LogP contribution in [0.15, 0.2) is 24.3 Å². The van der Waals surface area contributed by atoms with E-state index in [2.05, 4.69) is 4.74 Å². The Labute approximate surface area is 139 Å². The zero-order chi connectivity index (χ0) is 19.5. The Morgan fingerprint density at radius 3 is 2.00 bits per heavy atom. The third kappa shape index (κ3) is 6.56. The summed E-state index contributed by atoms with van der Waals surface area (Å²) < 4.78 is 103. The van der Waals surface area contributed by atoms with E-state index in [1.807, 2.05) is 0 Å². The molecule has 0 bridgehead atoms. The average Bonchev–Trinajstić information content (AvgIpc) is 2.49. The first kappa shape index (κ1) is 21.3. The van der Waals surface area contributed by atoms with Gasteiger partial charge in [0.25, 0.3) is 0 Å². The largest absolute Gasteiger partial charge is 0.468 e. The predicted molar refractivity (Wildman–Crippen MR) is 75.4 cm³/mol. The number of carbonyl (C=O) groups is 1. The van der Waals surface area contributed by atoms with E-state index in [0.29, 0.717) is 12.1 Å². The summed E-state index contributed by atoms with van der Waals surface area (Å²) in [6.45, 7) is 0. The summed E-state index contributed by atoms with van der Waals surface area (Å²) in [5, 5.41) is -1.93. The van der Waals surface area contributed by atoms with Crippen molar-refractivity contribution in [3.05, 3.63) is 35.4 Å². The summed E-state index contributed by atoms with van der Waals surface area (Å²) in [4.78, 5) is 11.7. The number of benzene rings is 1. The highest BCUT2D eigenvalue weighted by molar-refractivity contribution is 7.92. The first-order valence-corrected chi connectivity index (χ1v) is 8.50. The van der Waals surface area contributed by atoms with Gasteiger partial charge in [0.1, 0.15) is 0 Å². The van der Waals surface area contributed by atoms with Crippen molar-refractivity contribution in [1.29, 1.82) is 0 Å². The highest BCUT2D eigenvalue weighted by Gasteiger charge is 2.38. The highest BCUT2D eigenvalue weighted by atomic mass is 32.2. The zero-order valence-electron chi connectivity index (χ0n) is 12.8. The van der Waals surface area contributed by atoms with E-state index in [1.54, 1.807) is 0 Å². The normalized spacial score (nSPS) is 14.2. The molecule has 0 aliphatic rings. The molecular weight excluding hydrogens is 378 g/mol. The van der Waals surface area contributed by atoms with Crippen molar-refractivity contribution in [1.82, 2.24) is 0 Å². The van der Waals surface area contributed by atoms with Gasteiger partial charge in [0.15, 0.2) is 15.1 Å². The van der Waals surface area contributed by atoms with Crippen molar-refractivity contribution in [3.63, 3.8) is 0 Å². The predicted octanol–water partition coefficient (Wildman–Crippen LogP) is 3.16. The summed E-state index contributed by atoms with van der Waals surface area (Å²) in [7, 11) is -3.66. The summed E-state index contributed by atoms with van der Waals surface area (Å²) >= 11 is 0. The van der Waals surface area contributed by atoms with E-state index in [9.17, 15) is 39.6 Å². The quantitative estimate of drug-likeness (QED) is 0.551. The molecule has 1 unspecified atom stereocenters. The van der Waals surface area contributed by atoms with Gasteiger partial charge in [0.05, 0.1) is 24.8 Å². The van der Waals surface area contributed by atoms with Gasteiger partial charge in [-0.1, -0.05) is 12.1 Å². The molecule has 0 saturated heterocycles. The first-order chi connectivity index (χ1) is 11.3. The molecule has 0 saturated carbocycles. The molecule has 0 N–H and O–H groups in total. The van der Waals surface area contributed by atoms with E-state index in [0.717, 1.165) is 19.2 Å². The lowest BCUT2D eigenvalue weighted by atomic mass is 10.1. The smallest absolute Gasteiger partial charge is 0.416 e. The summed E-state index contributed by atoms with van der Waals surface area (Å²) in [5.41, 5.74) is -0.940. The minimum absolute atomic E-state index is 0.0407. The lowest BCUT2D eigenvalue weighted by molar-refractivity contribution is -0.140. The lowest BCUT2D eigenvalue weighted by Gasteiger charge is -2.17. The molecule has 0 aromatic heterocycles. The number of carbonyl (C=O) groups excluding carboxylic acids is 1. The SMILES string of the molecule is COC(=O)C(Cc1ccc(C(F)(F)F)cc1)S(=O)(=O)CCC(F)(F)F. The molecule has 1 aromatic rings. The minimum atomic E-state index is -4.73. The Balaban J connectivity index is 3.02. The van der Waals surface area contributed by atoms with Crippen molar-refractivity contribution in [2.24, 2.45) is 0 Å². The Morgan fingerprint density at radius 1 is 1.08 bits per heavy atom. The van der Waals surface area contributed by atoms with Crippen molar-refractivity contribution in [3.8, 4) is 0 Å². The van der Waals surface area contributed by atoms with Gasteiger partial charge in [0.2, 0.25) is 0 Å². The number of esters is 1. The van der Waals surface area contributed by atoms with Gasteiger partial charge in [-0.2, -0.15) is 26.3 Å². The van der Waals surface area contributed by atoms with Gasteiger partial charge in [-0.05, 0) is 24.1 Å². The van der Waals surface area contributed by atoms with Gasteiger partial charge >= 0.3 is 18.3 Å². The lowest BCUT2D eigenvalue weighted by Crippen LogP contribution is -2.36. The molecule has 0 spiro atoms. The van der Waals surface area contributed by atoms with E-state index >= 15 is 0 Å². The number of ether oxygens (including phenoxy) is 1. The van der Waals surface area contributed by atoms with E-state index in [1.165, 1.54) is 0 Å². The second kappa shape index (κ2) is 7.63. The molecular formula is C14H14F6O4S. The maximum atomic E-state index is 12.5.